The van der Waals surface area contributed by atoms with E-state index >= 15 is 0 Å². The molecule has 1 N–H and O–H groups in total. The van der Waals surface area contributed by atoms with Crippen molar-refractivity contribution in [1.82, 2.24) is 4.90 Å². The zero-order valence-electron chi connectivity index (χ0n) is 18.3. The molecule has 2 fully saturated rings. The lowest BCUT2D eigenvalue weighted by Gasteiger charge is -2.32. The first-order valence-corrected chi connectivity index (χ1v) is 11.1. The number of nitrogens with zero attached hydrogens (tertiary/aromatic N) is 3. The normalized spacial score (nSPS) is 16.8. The molecule has 2 aromatic rings. The zero-order valence-corrected chi connectivity index (χ0v) is 18.3. The third-order valence-corrected chi connectivity index (χ3v) is 6.50. The van der Waals surface area contributed by atoms with Crippen molar-refractivity contribution in [3.05, 3.63) is 63.7 Å². The van der Waals surface area contributed by atoms with E-state index in [-0.39, 0.29) is 28.3 Å². The molecule has 168 valence electrons. The maximum absolute atomic E-state index is 12.9. The SMILES string of the molecule is Cc1c(NC(=O)C2CCN(c3ccccc3[N+](=O)[O-])CC2)cccc1C(=O)N1CCCC1. The van der Waals surface area contributed by atoms with Gasteiger partial charge >= 0.3 is 0 Å². The number of nitro groups is 1. The van der Waals surface area contributed by atoms with Gasteiger partial charge in [-0.25, -0.2) is 0 Å². The largest absolute Gasteiger partial charge is 0.366 e. The molecule has 0 saturated carbocycles. The van der Waals surface area contributed by atoms with Crippen LogP contribution < -0.4 is 10.2 Å². The van der Waals surface area contributed by atoms with Gasteiger partial charge < -0.3 is 15.1 Å². The van der Waals surface area contributed by atoms with Crippen LogP contribution in [0.2, 0.25) is 0 Å². The first-order valence-electron chi connectivity index (χ1n) is 11.1. The van der Waals surface area contributed by atoms with E-state index < -0.39 is 0 Å². The fourth-order valence-corrected chi connectivity index (χ4v) is 4.60. The molecular formula is C24H28N4O4. The fraction of sp³-hybridized carbons (Fsp3) is 0.417. The summed E-state index contributed by atoms with van der Waals surface area (Å²) < 4.78 is 0. The number of hydrogen-bond donors (Lipinski definition) is 1. The van der Waals surface area contributed by atoms with E-state index in [1.54, 1.807) is 18.2 Å². The van der Waals surface area contributed by atoms with Crippen molar-refractivity contribution < 1.29 is 14.5 Å². The molecule has 0 aliphatic carbocycles. The van der Waals surface area contributed by atoms with Crippen LogP contribution in [-0.4, -0.2) is 47.8 Å². The van der Waals surface area contributed by atoms with E-state index in [1.807, 2.05) is 34.9 Å². The van der Waals surface area contributed by atoms with Crippen LogP contribution in [-0.2, 0) is 4.79 Å². The minimum Gasteiger partial charge on any atom is -0.366 e. The second-order valence-corrected chi connectivity index (χ2v) is 8.47. The summed E-state index contributed by atoms with van der Waals surface area (Å²) in [5, 5.41) is 14.3. The van der Waals surface area contributed by atoms with Crippen molar-refractivity contribution in [3.8, 4) is 0 Å². The number of amides is 2. The van der Waals surface area contributed by atoms with Gasteiger partial charge in [0.1, 0.15) is 5.69 Å². The summed E-state index contributed by atoms with van der Waals surface area (Å²) in [4.78, 5) is 40.5. The molecule has 8 nitrogen and oxygen atoms in total. The lowest BCUT2D eigenvalue weighted by molar-refractivity contribution is -0.384. The Labute approximate surface area is 187 Å². The van der Waals surface area contributed by atoms with Crippen molar-refractivity contribution in [2.45, 2.75) is 32.6 Å². The van der Waals surface area contributed by atoms with Gasteiger partial charge in [0.05, 0.1) is 4.92 Å². The maximum atomic E-state index is 12.9. The molecule has 2 aliphatic rings. The van der Waals surface area contributed by atoms with Crippen LogP contribution in [0.3, 0.4) is 0 Å². The summed E-state index contributed by atoms with van der Waals surface area (Å²) in [6.07, 6.45) is 3.30. The zero-order chi connectivity index (χ0) is 22.7. The van der Waals surface area contributed by atoms with E-state index in [9.17, 15) is 19.7 Å². The van der Waals surface area contributed by atoms with Crippen LogP contribution in [0.1, 0.15) is 41.6 Å². The minimum atomic E-state index is -0.368. The number of nitro benzene ring substituents is 1. The number of nitrogens with one attached hydrogen (secondary N) is 1. The summed E-state index contributed by atoms with van der Waals surface area (Å²) in [6, 6.07) is 12.2. The molecule has 2 heterocycles. The molecule has 0 unspecified atom stereocenters. The number of likely N-dealkylation sites (tertiary alicyclic amines) is 1. The summed E-state index contributed by atoms with van der Waals surface area (Å²) in [7, 11) is 0. The lowest BCUT2D eigenvalue weighted by atomic mass is 9.95. The Morgan fingerprint density at radius 1 is 1.00 bits per heavy atom. The highest BCUT2D eigenvalue weighted by Crippen LogP contribution is 2.32. The fourth-order valence-electron chi connectivity index (χ4n) is 4.60. The molecule has 2 saturated heterocycles. The predicted octanol–water partition coefficient (Wildman–Crippen LogP) is 3.99. The van der Waals surface area contributed by atoms with Gasteiger partial charge in [0.2, 0.25) is 5.91 Å². The van der Waals surface area contributed by atoms with Gasteiger partial charge in [0, 0.05) is 49.4 Å². The standard InChI is InChI=1S/C24H28N4O4/c1-17-19(24(30)27-13-4-5-14-27)7-6-8-20(17)25-23(29)18-11-15-26(16-12-18)21-9-2-3-10-22(21)28(31)32/h2-3,6-10,18H,4-5,11-16H2,1H3,(H,25,29). The minimum absolute atomic E-state index is 0.0221. The molecule has 32 heavy (non-hydrogen) atoms. The molecule has 0 radical (unpaired) electrons. The number of piperidine rings is 1. The Hall–Kier alpha value is -3.42. The maximum Gasteiger partial charge on any atom is 0.292 e. The predicted molar refractivity (Wildman–Crippen MR) is 123 cm³/mol. The first-order chi connectivity index (χ1) is 15.5. The highest BCUT2D eigenvalue weighted by molar-refractivity contribution is 6.00. The molecule has 4 rings (SSSR count). The first kappa shape index (κ1) is 21.8. The Balaban J connectivity index is 1.40. The van der Waals surface area contributed by atoms with Gasteiger partial charge in [-0.3, -0.25) is 19.7 Å². The summed E-state index contributed by atoms with van der Waals surface area (Å²) in [5.74, 6) is -0.221. The quantitative estimate of drug-likeness (QED) is 0.565. The van der Waals surface area contributed by atoms with Crippen molar-refractivity contribution in [2.75, 3.05) is 36.4 Å². The summed E-state index contributed by atoms with van der Waals surface area (Å²) in [6.45, 7) is 4.60. The lowest BCUT2D eigenvalue weighted by Crippen LogP contribution is -2.38. The average molecular weight is 437 g/mol. The van der Waals surface area contributed by atoms with Crippen LogP contribution in [0.5, 0.6) is 0 Å². The molecule has 0 atom stereocenters. The van der Waals surface area contributed by atoms with Crippen LogP contribution >= 0.6 is 0 Å². The average Bonchev–Trinajstić information content (AvgIpc) is 3.35. The Morgan fingerprint density at radius 2 is 1.69 bits per heavy atom. The highest BCUT2D eigenvalue weighted by atomic mass is 16.6. The molecular weight excluding hydrogens is 408 g/mol. The third-order valence-electron chi connectivity index (χ3n) is 6.50. The Bertz CT molecular complexity index is 1020. The van der Waals surface area contributed by atoms with Crippen molar-refractivity contribution in [1.29, 1.82) is 0 Å². The molecule has 2 aliphatic heterocycles. The molecule has 2 amide bonds. The van der Waals surface area contributed by atoms with E-state index in [2.05, 4.69) is 5.32 Å². The molecule has 0 spiro atoms. The van der Waals surface area contributed by atoms with Gasteiger partial charge in [0.25, 0.3) is 11.6 Å². The summed E-state index contributed by atoms with van der Waals surface area (Å²) >= 11 is 0. The number of carbonyl (C=O) groups excluding carboxylic acids is 2. The molecule has 0 aromatic heterocycles. The second kappa shape index (κ2) is 9.38. The van der Waals surface area contributed by atoms with Crippen LogP contribution in [0, 0.1) is 23.0 Å². The van der Waals surface area contributed by atoms with Gasteiger partial charge in [-0.2, -0.15) is 0 Å². The Morgan fingerprint density at radius 3 is 2.38 bits per heavy atom. The van der Waals surface area contributed by atoms with Crippen molar-refractivity contribution in [2.24, 2.45) is 5.92 Å². The molecule has 0 bridgehead atoms. The van der Waals surface area contributed by atoms with Crippen LogP contribution in [0.15, 0.2) is 42.5 Å². The molecule has 8 heteroatoms. The highest BCUT2D eigenvalue weighted by Gasteiger charge is 2.29. The van der Waals surface area contributed by atoms with Crippen LogP contribution in [0.25, 0.3) is 0 Å². The van der Waals surface area contributed by atoms with Gasteiger partial charge in [-0.15, -0.1) is 0 Å². The molecule has 2 aromatic carbocycles. The number of carbonyl (C=O) groups is 2. The smallest absolute Gasteiger partial charge is 0.292 e. The van der Waals surface area contributed by atoms with Gasteiger partial charge in [0.15, 0.2) is 0 Å². The number of anilines is 2. The number of benzene rings is 2. The van der Waals surface area contributed by atoms with E-state index in [0.29, 0.717) is 42.9 Å². The number of rotatable bonds is 5. The van der Waals surface area contributed by atoms with E-state index in [1.165, 1.54) is 6.07 Å². The second-order valence-electron chi connectivity index (χ2n) is 8.47. The van der Waals surface area contributed by atoms with Crippen LogP contribution in [0.4, 0.5) is 17.1 Å². The monoisotopic (exact) mass is 436 g/mol. The Kier molecular flexibility index (Phi) is 6.39. The van der Waals surface area contributed by atoms with E-state index in [4.69, 9.17) is 0 Å². The summed E-state index contributed by atoms with van der Waals surface area (Å²) in [5.41, 5.74) is 2.78. The van der Waals surface area contributed by atoms with Crippen molar-refractivity contribution >= 4 is 28.9 Å². The number of hydrogen-bond acceptors (Lipinski definition) is 5. The number of para-hydroxylation sites is 2. The topological polar surface area (TPSA) is 95.8 Å². The van der Waals surface area contributed by atoms with Gasteiger partial charge in [-0.05, 0) is 56.4 Å². The van der Waals surface area contributed by atoms with E-state index in [0.717, 1.165) is 31.5 Å². The third kappa shape index (κ3) is 4.44. The van der Waals surface area contributed by atoms with Gasteiger partial charge in [-0.1, -0.05) is 18.2 Å². The van der Waals surface area contributed by atoms with Crippen molar-refractivity contribution in [3.63, 3.8) is 0 Å².